The van der Waals surface area contributed by atoms with Gasteiger partial charge in [0.2, 0.25) is 6.79 Å². The minimum absolute atomic E-state index is 0. The number of nitrogens with one attached hydrogen (secondary N) is 2. The second-order valence-electron chi connectivity index (χ2n) is 7.43. The molecule has 2 aromatic rings. The molecule has 0 bridgehead atoms. The lowest BCUT2D eigenvalue weighted by molar-refractivity contribution is 0.0170. The molecule has 2 aromatic carbocycles. The summed E-state index contributed by atoms with van der Waals surface area (Å²) in [5.74, 6) is 3.19. The summed E-state index contributed by atoms with van der Waals surface area (Å²) in [6.45, 7) is 4.97. The summed E-state index contributed by atoms with van der Waals surface area (Å²) in [7, 11) is 3.47. The number of aliphatic imine (C=N–C) groups is 1. The molecule has 1 fully saturated rings. The highest BCUT2D eigenvalue weighted by Crippen LogP contribution is 2.32. The Morgan fingerprint density at radius 3 is 2.53 bits per heavy atom. The molecule has 1 atom stereocenters. The fourth-order valence-electron chi connectivity index (χ4n) is 3.82. The van der Waals surface area contributed by atoms with Gasteiger partial charge < -0.3 is 29.6 Å². The molecular formula is C23H31IN4O4. The summed E-state index contributed by atoms with van der Waals surface area (Å²) < 4.78 is 21.7. The van der Waals surface area contributed by atoms with Crippen molar-refractivity contribution >= 4 is 29.9 Å². The van der Waals surface area contributed by atoms with Crippen molar-refractivity contribution in [3.8, 4) is 17.2 Å². The maximum absolute atomic E-state index is 5.55. The van der Waals surface area contributed by atoms with Crippen molar-refractivity contribution in [3.63, 3.8) is 0 Å². The van der Waals surface area contributed by atoms with Gasteiger partial charge in [0.25, 0.3) is 0 Å². The molecule has 0 spiro atoms. The summed E-state index contributed by atoms with van der Waals surface area (Å²) in [5.41, 5.74) is 2.34. The number of morpholine rings is 1. The van der Waals surface area contributed by atoms with Crippen LogP contribution in [0.25, 0.3) is 0 Å². The van der Waals surface area contributed by atoms with Crippen molar-refractivity contribution in [3.05, 3.63) is 53.6 Å². The van der Waals surface area contributed by atoms with Gasteiger partial charge in [-0.1, -0.05) is 18.2 Å². The van der Waals surface area contributed by atoms with E-state index < -0.39 is 0 Å². The molecule has 174 valence electrons. The fraction of sp³-hybridized carbons (Fsp3) is 0.435. The van der Waals surface area contributed by atoms with Gasteiger partial charge >= 0.3 is 0 Å². The number of fused-ring (bicyclic) bond motifs is 1. The van der Waals surface area contributed by atoms with Gasteiger partial charge in [0.05, 0.1) is 26.4 Å². The highest BCUT2D eigenvalue weighted by atomic mass is 127. The van der Waals surface area contributed by atoms with Crippen molar-refractivity contribution < 1.29 is 18.9 Å². The molecule has 1 unspecified atom stereocenters. The first-order valence-corrected chi connectivity index (χ1v) is 10.6. The standard InChI is InChI=1S/C23H30N4O4.HI/c1-24-23(25-14-17-3-8-21-22(13-17)31-16-30-21)26-15-20(27-9-11-29-12-10-27)18-4-6-19(28-2)7-5-18;/h3-8,13,20H,9-12,14-16H2,1-2H3,(H2,24,25,26);1H. The van der Waals surface area contributed by atoms with Gasteiger partial charge in [-0.2, -0.15) is 0 Å². The minimum Gasteiger partial charge on any atom is -0.497 e. The lowest BCUT2D eigenvalue weighted by atomic mass is 10.0. The topological polar surface area (TPSA) is 76.6 Å². The summed E-state index contributed by atoms with van der Waals surface area (Å²) in [5, 5.41) is 6.87. The van der Waals surface area contributed by atoms with E-state index in [4.69, 9.17) is 18.9 Å². The minimum atomic E-state index is 0. The van der Waals surface area contributed by atoms with Crippen LogP contribution in [0, 0.1) is 0 Å². The molecule has 2 aliphatic heterocycles. The van der Waals surface area contributed by atoms with E-state index in [1.54, 1.807) is 14.2 Å². The largest absolute Gasteiger partial charge is 0.497 e. The number of guanidine groups is 1. The van der Waals surface area contributed by atoms with Gasteiger partial charge in [0.1, 0.15) is 5.75 Å². The number of ether oxygens (including phenoxy) is 4. The third-order valence-corrected chi connectivity index (χ3v) is 5.57. The number of halogens is 1. The van der Waals surface area contributed by atoms with Crippen molar-refractivity contribution in [2.75, 3.05) is 53.8 Å². The van der Waals surface area contributed by atoms with E-state index in [0.717, 1.165) is 61.6 Å². The monoisotopic (exact) mass is 554 g/mol. The van der Waals surface area contributed by atoms with Crippen molar-refractivity contribution in [2.45, 2.75) is 12.6 Å². The number of methoxy groups -OCH3 is 1. The Kier molecular flexibility index (Phi) is 9.24. The zero-order valence-corrected chi connectivity index (χ0v) is 20.8. The van der Waals surface area contributed by atoms with Gasteiger partial charge in [-0.15, -0.1) is 24.0 Å². The highest BCUT2D eigenvalue weighted by molar-refractivity contribution is 14.0. The van der Waals surface area contributed by atoms with Gasteiger partial charge in [-0.3, -0.25) is 9.89 Å². The lowest BCUT2D eigenvalue weighted by Crippen LogP contribution is -2.46. The zero-order chi connectivity index (χ0) is 21.5. The van der Waals surface area contributed by atoms with E-state index in [0.29, 0.717) is 6.54 Å². The number of benzene rings is 2. The predicted octanol–water partition coefficient (Wildman–Crippen LogP) is 2.78. The first kappa shape index (κ1) is 24.4. The SMILES string of the molecule is CN=C(NCc1ccc2c(c1)OCO2)NCC(c1ccc(OC)cc1)N1CCOCC1.I. The van der Waals surface area contributed by atoms with Crippen LogP contribution in [0.4, 0.5) is 0 Å². The van der Waals surface area contributed by atoms with E-state index in [2.05, 4.69) is 32.7 Å². The van der Waals surface area contributed by atoms with E-state index in [9.17, 15) is 0 Å². The number of hydrogen-bond donors (Lipinski definition) is 2. The molecule has 2 aliphatic rings. The third-order valence-electron chi connectivity index (χ3n) is 5.57. The second kappa shape index (κ2) is 12.1. The van der Waals surface area contributed by atoms with Crippen LogP contribution >= 0.6 is 24.0 Å². The maximum Gasteiger partial charge on any atom is 0.231 e. The van der Waals surface area contributed by atoms with Gasteiger partial charge in [-0.25, -0.2) is 0 Å². The first-order chi connectivity index (χ1) is 15.3. The van der Waals surface area contributed by atoms with Crippen LogP contribution in [0.5, 0.6) is 17.2 Å². The molecule has 0 aliphatic carbocycles. The van der Waals surface area contributed by atoms with Gasteiger partial charge in [-0.05, 0) is 35.4 Å². The van der Waals surface area contributed by atoms with Crippen molar-refractivity contribution in [2.24, 2.45) is 4.99 Å². The van der Waals surface area contributed by atoms with E-state index in [1.807, 2.05) is 30.3 Å². The predicted molar refractivity (Wildman–Crippen MR) is 134 cm³/mol. The van der Waals surface area contributed by atoms with Gasteiger partial charge in [0, 0.05) is 33.2 Å². The molecule has 4 rings (SSSR count). The Labute approximate surface area is 206 Å². The highest BCUT2D eigenvalue weighted by Gasteiger charge is 2.23. The molecular weight excluding hydrogens is 523 g/mol. The second-order valence-corrected chi connectivity index (χ2v) is 7.43. The number of rotatable bonds is 7. The van der Waals surface area contributed by atoms with Crippen LogP contribution in [0.3, 0.4) is 0 Å². The molecule has 0 saturated carbocycles. The average Bonchev–Trinajstić information content (AvgIpc) is 3.30. The maximum atomic E-state index is 5.55. The Bertz CT molecular complexity index is 888. The molecule has 1 saturated heterocycles. The molecule has 2 N–H and O–H groups in total. The summed E-state index contributed by atoms with van der Waals surface area (Å²) >= 11 is 0. The molecule has 9 heteroatoms. The third kappa shape index (κ3) is 6.17. The molecule has 2 heterocycles. The van der Waals surface area contributed by atoms with Crippen LogP contribution < -0.4 is 24.8 Å². The van der Waals surface area contributed by atoms with E-state index in [-0.39, 0.29) is 36.8 Å². The first-order valence-electron chi connectivity index (χ1n) is 10.6. The Morgan fingerprint density at radius 2 is 1.81 bits per heavy atom. The van der Waals surface area contributed by atoms with Crippen LogP contribution in [0.2, 0.25) is 0 Å². The van der Waals surface area contributed by atoms with Gasteiger partial charge in [0.15, 0.2) is 17.5 Å². The average molecular weight is 554 g/mol. The summed E-state index contributed by atoms with van der Waals surface area (Å²) in [6, 6.07) is 14.4. The molecule has 0 amide bonds. The van der Waals surface area contributed by atoms with Crippen LogP contribution in [-0.2, 0) is 11.3 Å². The summed E-state index contributed by atoms with van der Waals surface area (Å²) in [6.07, 6.45) is 0. The fourth-order valence-corrected chi connectivity index (χ4v) is 3.82. The normalized spacial score (nSPS) is 16.8. The Morgan fingerprint density at radius 1 is 1.06 bits per heavy atom. The number of hydrogen-bond acceptors (Lipinski definition) is 6. The van der Waals surface area contributed by atoms with Crippen molar-refractivity contribution in [1.82, 2.24) is 15.5 Å². The lowest BCUT2D eigenvalue weighted by Gasteiger charge is -2.35. The molecule has 0 radical (unpaired) electrons. The van der Waals surface area contributed by atoms with Crippen LogP contribution in [-0.4, -0.2) is 64.7 Å². The number of nitrogens with zero attached hydrogens (tertiary/aromatic N) is 2. The quantitative estimate of drug-likeness (QED) is 0.310. The molecule has 8 nitrogen and oxygen atoms in total. The zero-order valence-electron chi connectivity index (χ0n) is 18.5. The summed E-state index contributed by atoms with van der Waals surface area (Å²) in [4.78, 5) is 6.84. The van der Waals surface area contributed by atoms with Crippen molar-refractivity contribution in [1.29, 1.82) is 0 Å². The van der Waals surface area contributed by atoms with Crippen LogP contribution in [0.15, 0.2) is 47.5 Å². The Balaban J connectivity index is 0.00000289. The molecule has 0 aromatic heterocycles. The Hall–Kier alpha value is -2.24. The van der Waals surface area contributed by atoms with E-state index in [1.165, 1.54) is 5.56 Å². The van der Waals surface area contributed by atoms with Crippen LogP contribution in [0.1, 0.15) is 17.2 Å². The smallest absolute Gasteiger partial charge is 0.231 e. The van der Waals surface area contributed by atoms with E-state index >= 15 is 0 Å². The molecule has 32 heavy (non-hydrogen) atoms.